The lowest BCUT2D eigenvalue weighted by Gasteiger charge is -2.16. The lowest BCUT2D eigenvalue weighted by Crippen LogP contribution is -2.26. The second-order valence-electron chi connectivity index (χ2n) is 5.14. The minimum absolute atomic E-state index is 0.139. The van der Waals surface area contributed by atoms with Gasteiger partial charge < -0.3 is 15.4 Å². The third-order valence-electron chi connectivity index (χ3n) is 3.63. The molecular formula is C15H24N2O. The van der Waals surface area contributed by atoms with Crippen molar-refractivity contribution in [2.45, 2.75) is 38.3 Å². The molecule has 1 aromatic rings. The summed E-state index contributed by atoms with van der Waals surface area (Å²) >= 11 is 0. The van der Waals surface area contributed by atoms with Crippen molar-refractivity contribution in [3.8, 4) is 5.75 Å². The highest BCUT2D eigenvalue weighted by Crippen LogP contribution is 2.25. The Morgan fingerprint density at radius 1 is 1.33 bits per heavy atom. The minimum Gasteiger partial charge on any atom is -0.492 e. The summed E-state index contributed by atoms with van der Waals surface area (Å²) in [5, 5.41) is 0. The summed E-state index contributed by atoms with van der Waals surface area (Å²) in [7, 11) is 2.17. The third kappa shape index (κ3) is 3.72. The smallest absolute Gasteiger partial charge is 0.119 e. The van der Waals surface area contributed by atoms with Gasteiger partial charge in [-0.25, -0.2) is 0 Å². The summed E-state index contributed by atoms with van der Waals surface area (Å²) in [4.78, 5) is 2.38. The van der Waals surface area contributed by atoms with Crippen LogP contribution in [0.25, 0.3) is 0 Å². The van der Waals surface area contributed by atoms with E-state index >= 15 is 0 Å². The summed E-state index contributed by atoms with van der Waals surface area (Å²) in [5.74, 6) is 0.936. The van der Waals surface area contributed by atoms with Gasteiger partial charge in [0.05, 0.1) is 0 Å². The average Bonchev–Trinajstić information content (AvgIpc) is 3.23. The molecule has 2 rings (SSSR count). The van der Waals surface area contributed by atoms with E-state index in [1.165, 1.54) is 18.4 Å². The maximum atomic E-state index is 5.98. The molecule has 3 heteroatoms. The van der Waals surface area contributed by atoms with Crippen LogP contribution in [-0.4, -0.2) is 31.1 Å². The molecule has 1 fully saturated rings. The van der Waals surface area contributed by atoms with Crippen LogP contribution < -0.4 is 10.5 Å². The molecule has 1 aromatic carbocycles. The van der Waals surface area contributed by atoms with Crippen LogP contribution in [-0.2, 0) is 0 Å². The first-order valence-corrected chi connectivity index (χ1v) is 6.89. The van der Waals surface area contributed by atoms with Gasteiger partial charge in [0, 0.05) is 18.6 Å². The molecule has 0 heterocycles. The molecule has 0 saturated heterocycles. The van der Waals surface area contributed by atoms with Gasteiger partial charge in [0.15, 0.2) is 0 Å². The van der Waals surface area contributed by atoms with Gasteiger partial charge in [-0.15, -0.1) is 0 Å². The standard InChI is InChI=1S/C15H24N2O/c1-3-15(16)12-4-8-14(9-5-12)18-11-10-17(2)13-6-7-13/h4-5,8-9,13,15H,3,6-7,10-11,16H2,1-2H3. The first-order chi connectivity index (χ1) is 8.70. The van der Waals surface area contributed by atoms with Crippen molar-refractivity contribution in [1.29, 1.82) is 0 Å². The van der Waals surface area contributed by atoms with Crippen LogP contribution in [0.4, 0.5) is 0 Å². The number of nitrogens with two attached hydrogens (primary N) is 1. The van der Waals surface area contributed by atoms with Crippen LogP contribution in [0.2, 0.25) is 0 Å². The van der Waals surface area contributed by atoms with E-state index in [0.29, 0.717) is 0 Å². The summed E-state index contributed by atoms with van der Waals surface area (Å²) in [6.45, 7) is 3.86. The highest BCUT2D eigenvalue weighted by Gasteiger charge is 2.25. The summed E-state index contributed by atoms with van der Waals surface area (Å²) in [6.07, 6.45) is 3.66. The molecule has 1 aliphatic carbocycles. The van der Waals surface area contributed by atoms with E-state index < -0.39 is 0 Å². The normalized spacial score (nSPS) is 16.9. The van der Waals surface area contributed by atoms with Crippen molar-refractivity contribution in [3.63, 3.8) is 0 Å². The van der Waals surface area contributed by atoms with E-state index in [9.17, 15) is 0 Å². The number of rotatable bonds is 7. The zero-order valence-electron chi connectivity index (χ0n) is 11.4. The van der Waals surface area contributed by atoms with Crippen LogP contribution >= 0.6 is 0 Å². The van der Waals surface area contributed by atoms with E-state index in [0.717, 1.165) is 31.4 Å². The monoisotopic (exact) mass is 248 g/mol. The topological polar surface area (TPSA) is 38.5 Å². The van der Waals surface area contributed by atoms with Gasteiger partial charge >= 0.3 is 0 Å². The highest BCUT2D eigenvalue weighted by atomic mass is 16.5. The zero-order valence-corrected chi connectivity index (χ0v) is 11.4. The Hall–Kier alpha value is -1.06. The van der Waals surface area contributed by atoms with Crippen LogP contribution in [0.3, 0.4) is 0 Å². The fraction of sp³-hybridized carbons (Fsp3) is 0.600. The van der Waals surface area contributed by atoms with Crippen LogP contribution in [0, 0.1) is 0 Å². The van der Waals surface area contributed by atoms with Gasteiger partial charge in [0.1, 0.15) is 12.4 Å². The van der Waals surface area contributed by atoms with Gasteiger partial charge in [0.25, 0.3) is 0 Å². The Labute approximate surface area is 110 Å². The lowest BCUT2D eigenvalue weighted by molar-refractivity contribution is 0.232. The maximum Gasteiger partial charge on any atom is 0.119 e. The van der Waals surface area contributed by atoms with Gasteiger partial charge in [-0.3, -0.25) is 0 Å². The number of benzene rings is 1. The Morgan fingerprint density at radius 3 is 2.56 bits per heavy atom. The molecule has 1 unspecified atom stereocenters. The van der Waals surface area contributed by atoms with Crippen molar-refractivity contribution in [3.05, 3.63) is 29.8 Å². The van der Waals surface area contributed by atoms with Gasteiger partial charge in [-0.05, 0) is 44.0 Å². The number of hydrogen-bond donors (Lipinski definition) is 1. The molecule has 18 heavy (non-hydrogen) atoms. The van der Waals surface area contributed by atoms with Gasteiger partial charge in [0.2, 0.25) is 0 Å². The number of likely N-dealkylation sites (N-methyl/N-ethyl adjacent to an activating group) is 1. The molecule has 1 saturated carbocycles. The molecule has 0 radical (unpaired) electrons. The molecule has 1 atom stereocenters. The van der Waals surface area contributed by atoms with E-state index in [-0.39, 0.29) is 6.04 Å². The Balaban J connectivity index is 1.75. The summed E-state index contributed by atoms with van der Waals surface area (Å²) < 4.78 is 5.74. The van der Waals surface area contributed by atoms with Crippen molar-refractivity contribution < 1.29 is 4.74 Å². The fourth-order valence-corrected chi connectivity index (χ4v) is 2.05. The summed E-state index contributed by atoms with van der Waals surface area (Å²) in [6, 6.07) is 9.10. The Bertz CT molecular complexity index is 359. The molecule has 3 nitrogen and oxygen atoms in total. The molecule has 100 valence electrons. The molecule has 0 bridgehead atoms. The molecule has 2 N–H and O–H groups in total. The molecule has 0 aliphatic heterocycles. The third-order valence-corrected chi connectivity index (χ3v) is 3.63. The van der Waals surface area contributed by atoms with Gasteiger partial charge in [-0.1, -0.05) is 19.1 Å². The quantitative estimate of drug-likeness (QED) is 0.806. The Morgan fingerprint density at radius 2 is 2.00 bits per heavy atom. The number of nitrogens with zero attached hydrogens (tertiary/aromatic N) is 1. The maximum absolute atomic E-state index is 5.98. The molecule has 0 amide bonds. The first kappa shape index (κ1) is 13.4. The predicted octanol–water partition coefficient (Wildman–Crippen LogP) is 2.57. The number of ether oxygens (including phenoxy) is 1. The predicted molar refractivity (Wildman–Crippen MR) is 74.8 cm³/mol. The minimum atomic E-state index is 0.139. The molecule has 0 aromatic heterocycles. The van der Waals surface area contributed by atoms with Crippen molar-refractivity contribution >= 4 is 0 Å². The van der Waals surface area contributed by atoms with Crippen molar-refractivity contribution in [2.24, 2.45) is 5.73 Å². The zero-order chi connectivity index (χ0) is 13.0. The highest BCUT2D eigenvalue weighted by molar-refractivity contribution is 5.28. The van der Waals surface area contributed by atoms with Crippen LogP contribution in [0.15, 0.2) is 24.3 Å². The van der Waals surface area contributed by atoms with Gasteiger partial charge in [-0.2, -0.15) is 0 Å². The SMILES string of the molecule is CCC(N)c1ccc(OCCN(C)C2CC2)cc1. The van der Waals surface area contributed by atoms with E-state index in [2.05, 4.69) is 31.0 Å². The van der Waals surface area contributed by atoms with E-state index in [4.69, 9.17) is 10.5 Å². The largest absolute Gasteiger partial charge is 0.492 e. The van der Waals surface area contributed by atoms with Crippen molar-refractivity contribution in [1.82, 2.24) is 4.90 Å². The first-order valence-electron chi connectivity index (χ1n) is 6.89. The number of hydrogen-bond acceptors (Lipinski definition) is 3. The summed E-state index contributed by atoms with van der Waals surface area (Å²) in [5.41, 5.74) is 7.16. The Kier molecular flexibility index (Phi) is 4.61. The van der Waals surface area contributed by atoms with E-state index in [1.807, 2.05) is 12.1 Å². The van der Waals surface area contributed by atoms with E-state index in [1.54, 1.807) is 0 Å². The van der Waals surface area contributed by atoms with Crippen LogP contribution in [0.5, 0.6) is 5.75 Å². The van der Waals surface area contributed by atoms with Crippen LogP contribution in [0.1, 0.15) is 37.8 Å². The molecule has 0 spiro atoms. The average molecular weight is 248 g/mol. The fourth-order valence-electron chi connectivity index (χ4n) is 2.05. The molecule has 1 aliphatic rings. The van der Waals surface area contributed by atoms with Crippen molar-refractivity contribution in [2.75, 3.05) is 20.2 Å². The molecular weight excluding hydrogens is 224 g/mol. The second-order valence-corrected chi connectivity index (χ2v) is 5.14. The second kappa shape index (κ2) is 6.21. The lowest BCUT2D eigenvalue weighted by atomic mass is 10.1.